The molecule has 1 aromatic rings. The van der Waals surface area contributed by atoms with Crippen LogP contribution < -0.4 is 4.72 Å². The number of rotatable bonds is 5. The van der Waals surface area contributed by atoms with E-state index in [4.69, 9.17) is 5.11 Å². The van der Waals surface area contributed by atoms with Gasteiger partial charge in [-0.3, -0.25) is 4.79 Å². The first-order chi connectivity index (χ1) is 8.56. The Hall–Kier alpha value is -0.920. The number of hydrogen-bond acceptors (Lipinski definition) is 3. The summed E-state index contributed by atoms with van der Waals surface area (Å²) >= 11 is 3.22. The highest BCUT2D eigenvalue weighted by Gasteiger charge is 2.29. The summed E-state index contributed by atoms with van der Waals surface area (Å²) in [6.45, 7) is 4.44. The summed E-state index contributed by atoms with van der Waals surface area (Å²) in [6.07, 6.45) is 0. The third-order valence-corrected chi connectivity index (χ3v) is 4.76. The Bertz CT molecular complexity index is 596. The fraction of sp³-hybridized carbons (Fsp3) is 0.417. The molecule has 0 aliphatic carbocycles. The van der Waals surface area contributed by atoms with Gasteiger partial charge in [0.1, 0.15) is 0 Å². The van der Waals surface area contributed by atoms with Crippen molar-refractivity contribution in [1.29, 1.82) is 0 Å². The van der Waals surface area contributed by atoms with Gasteiger partial charge in [-0.2, -0.15) is 0 Å². The maximum absolute atomic E-state index is 12.1. The first-order valence-electron chi connectivity index (χ1n) is 5.55. The van der Waals surface area contributed by atoms with Gasteiger partial charge in [-0.25, -0.2) is 13.1 Å². The molecule has 0 aromatic heterocycles. The molecule has 2 N–H and O–H groups in total. The van der Waals surface area contributed by atoms with Gasteiger partial charge in [0.15, 0.2) is 0 Å². The van der Waals surface area contributed by atoms with Crippen LogP contribution in [0.25, 0.3) is 0 Å². The van der Waals surface area contributed by atoms with Crippen LogP contribution in [-0.4, -0.2) is 26.0 Å². The van der Waals surface area contributed by atoms with Crippen LogP contribution in [0, 0.1) is 12.3 Å². The highest BCUT2D eigenvalue weighted by molar-refractivity contribution is 9.10. The van der Waals surface area contributed by atoms with Gasteiger partial charge >= 0.3 is 5.97 Å². The van der Waals surface area contributed by atoms with Crippen molar-refractivity contribution in [2.45, 2.75) is 25.7 Å². The minimum absolute atomic E-state index is 0.142. The second kappa shape index (κ2) is 5.60. The average molecular weight is 350 g/mol. The van der Waals surface area contributed by atoms with Crippen molar-refractivity contribution in [3.8, 4) is 0 Å². The first kappa shape index (κ1) is 16.1. The lowest BCUT2D eigenvalue weighted by atomic mass is 9.95. The van der Waals surface area contributed by atoms with Crippen LogP contribution in [0.15, 0.2) is 27.6 Å². The SMILES string of the molecule is Cc1ccc(Br)cc1S(=O)(=O)NCC(C)(C)C(=O)O. The van der Waals surface area contributed by atoms with E-state index in [9.17, 15) is 13.2 Å². The molecule has 0 fully saturated rings. The van der Waals surface area contributed by atoms with Crippen LogP contribution in [0.2, 0.25) is 0 Å². The molecule has 5 nitrogen and oxygen atoms in total. The molecule has 19 heavy (non-hydrogen) atoms. The van der Waals surface area contributed by atoms with E-state index < -0.39 is 21.4 Å². The minimum atomic E-state index is -3.72. The Morgan fingerprint density at radius 3 is 2.53 bits per heavy atom. The summed E-state index contributed by atoms with van der Waals surface area (Å²) in [5.41, 5.74) is -0.559. The molecule has 0 radical (unpaired) electrons. The molecular formula is C12H16BrNO4S. The Kier molecular flexibility index (Phi) is 4.76. The van der Waals surface area contributed by atoms with Crippen LogP contribution in [0.1, 0.15) is 19.4 Å². The molecule has 0 aliphatic heterocycles. The Balaban J connectivity index is 3.00. The van der Waals surface area contributed by atoms with Gasteiger partial charge < -0.3 is 5.11 Å². The van der Waals surface area contributed by atoms with Crippen molar-refractivity contribution in [2.24, 2.45) is 5.41 Å². The zero-order valence-electron chi connectivity index (χ0n) is 10.9. The molecule has 106 valence electrons. The third kappa shape index (κ3) is 4.02. The number of carbonyl (C=O) groups is 1. The van der Waals surface area contributed by atoms with Gasteiger partial charge in [0.2, 0.25) is 10.0 Å². The normalized spacial score (nSPS) is 12.4. The molecule has 7 heteroatoms. The van der Waals surface area contributed by atoms with Crippen LogP contribution in [0.4, 0.5) is 0 Å². The van der Waals surface area contributed by atoms with Crippen molar-refractivity contribution < 1.29 is 18.3 Å². The summed E-state index contributed by atoms with van der Waals surface area (Å²) in [5, 5.41) is 8.97. The second-order valence-corrected chi connectivity index (χ2v) is 7.57. The number of carboxylic acids is 1. The van der Waals surface area contributed by atoms with Gasteiger partial charge in [0.25, 0.3) is 0 Å². The van der Waals surface area contributed by atoms with E-state index >= 15 is 0 Å². The quantitative estimate of drug-likeness (QED) is 0.852. The molecule has 0 unspecified atom stereocenters. The lowest BCUT2D eigenvalue weighted by Crippen LogP contribution is -2.39. The standard InChI is InChI=1S/C12H16BrNO4S/c1-8-4-5-9(13)6-10(8)19(17,18)14-7-12(2,3)11(15)16/h4-6,14H,7H2,1-3H3,(H,15,16). The van der Waals surface area contributed by atoms with Gasteiger partial charge in [-0.05, 0) is 38.5 Å². The predicted molar refractivity (Wildman–Crippen MR) is 75.5 cm³/mol. The maximum Gasteiger partial charge on any atom is 0.310 e. The average Bonchev–Trinajstić information content (AvgIpc) is 2.30. The summed E-state index contributed by atoms with van der Waals surface area (Å²) in [4.78, 5) is 11.1. The summed E-state index contributed by atoms with van der Waals surface area (Å²) in [5.74, 6) is -1.05. The third-order valence-electron chi connectivity index (χ3n) is 2.72. The second-order valence-electron chi connectivity index (χ2n) is 4.92. The number of halogens is 1. The van der Waals surface area contributed by atoms with Gasteiger partial charge in [0.05, 0.1) is 10.3 Å². The summed E-state index contributed by atoms with van der Waals surface area (Å²) < 4.78 is 27.3. The zero-order valence-corrected chi connectivity index (χ0v) is 13.3. The van der Waals surface area contributed by atoms with Crippen molar-refractivity contribution >= 4 is 31.9 Å². The van der Waals surface area contributed by atoms with E-state index in [1.165, 1.54) is 19.9 Å². The first-order valence-corrected chi connectivity index (χ1v) is 7.83. The van der Waals surface area contributed by atoms with Gasteiger partial charge in [-0.1, -0.05) is 22.0 Å². The number of aryl methyl sites for hydroxylation is 1. The van der Waals surface area contributed by atoms with E-state index in [1.807, 2.05) is 0 Å². The van der Waals surface area contributed by atoms with E-state index in [0.29, 0.717) is 10.0 Å². The fourth-order valence-electron chi connectivity index (χ4n) is 1.29. The largest absolute Gasteiger partial charge is 0.481 e. The monoisotopic (exact) mass is 349 g/mol. The van der Waals surface area contributed by atoms with Crippen molar-refractivity contribution in [1.82, 2.24) is 4.72 Å². The van der Waals surface area contributed by atoms with Crippen molar-refractivity contribution in [2.75, 3.05) is 6.54 Å². The van der Waals surface area contributed by atoms with E-state index in [1.54, 1.807) is 19.1 Å². The van der Waals surface area contributed by atoms with Crippen molar-refractivity contribution in [3.05, 3.63) is 28.2 Å². The maximum atomic E-state index is 12.1. The van der Waals surface area contributed by atoms with E-state index in [-0.39, 0.29) is 11.4 Å². The molecule has 0 heterocycles. The Morgan fingerprint density at radius 2 is 2.00 bits per heavy atom. The lowest BCUT2D eigenvalue weighted by molar-refractivity contribution is -0.146. The number of sulfonamides is 1. The summed E-state index contributed by atoms with van der Waals surface area (Å²) in [7, 11) is -3.72. The summed E-state index contributed by atoms with van der Waals surface area (Å²) in [6, 6.07) is 4.92. The number of nitrogens with one attached hydrogen (secondary N) is 1. The lowest BCUT2D eigenvalue weighted by Gasteiger charge is -2.20. The molecule has 0 amide bonds. The number of carboxylic acid groups (broad SMARTS) is 1. The fourth-order valence-corrected chi connectivity index (χ4v) is 3.29. The Labute approximate surface area is 121 Å². The van der Waals surface area contributed by atoms with Crippen LogP contribution in [0.3, 0.4) is 0 Å². The number of benzene rings is 1. The molecule has 0 saturated heterocycles. The van der Waals surface area contributed by atoms with Gasteiger partial charge in [-0.15, -0.1) is 0 Å². The molecule has 0 saturated carbocycles. The zero-order chi connectivity index (χ0) is 14.8. The van der Waals surface area contributed by atoms with Crippen molar-refractivity contribution in [3.63, 3.8) is 0 Å². The number of hydrogen-bond donors (Lipinski definition) is 2. The molecule has 0 bridgehead atoms. The molecule has 0 aliphatic rings. The van der Waals surface area contributed by atoms with Crippen LogP contribution >= 0.6 is 15.9 Å². The van der Waals surface area contributed by atoms with E-state index in [2.05, 4.69) is 20.7 Å². The van der Waals surface area contributed by atoms with E-state index in [0.717, 1.165) is 0 Å². The van der Waals surface area contributed by atoms with Crippen LogP contribution in [0.5, 0.6) is 0 Å². The highest BCUT2D eigenvalue weighted by atomic mass is 79.9. The van der Waals surface area contributed by atoms with Crippen LogP contribution in [-0.2, 0) is 14.8 Å². The number of aliphatic carboxylic acids is 1. The predicted octanol–water partition coefficient (Wildman–Crippen LogP) is 2.15. The molecule has 0 atom stereocenters. The molecule has 0 spiro atoms. The van der Waals surface area contributed by atoms with Gasteiger partial charge in [0, 0.05) is 11.0 Å². The minimum Gasteiger partial charge on any atom is -0.481 e. The topological polar surface area (TPSA) is 83.5 Å². The molecule has 1 rings (SSSR count). The smallest absolute Gasteiger partial charge is 0.310 e. The Morgan fingerprint density at radius 1 is 1.42 bits per heavy atom. The highest BCUT2D eigenvalue weighted by Crippen LogP contribution is 2.21. The molecular weight excluding hydrogens is 334 g/mol. The molecule has 1 aromatic carbocycles.